The maximum atomic E-state index is 11.4. The molecule has 96 valence electrons. The molecule has 0 spiro atoms. The van der Waals surface area contributed by atoms with E-state index in [1.807, 2.05) is 0 Å². The van der Waals surface area contributed by atoms with Gasteiger partial charge in [0.05, 0.1) is 13.3 Å². The maximum Gasteiger partial charge on any atom is 0.340 e. The number of amides is 2. The number of hydrogen-bond acceptors (Lipinski definition) is 6. The maximum absolute atomic E-state index is 11.4. The summed E-state index contributed by atoms with van der Waals surface area (Å²) in [5.41, 5.74) is 6.55. The summed E-state index contributed by atoms with van der Waals surface area (Å²) in [6.45, 7) is -1.03. The van der Waals surface area contributed by atoms with E-state index in [4.69, 9.17) is 21.7 Å². The van der Waals surface area contributed by atoms with Crippen LogP contribution in [0.3, 0.4) is 0 Å². The van der Waals surface area contributed by atoms with Crippen molar-refractivity contribution in [1.29, 1.82) is 0 Å². The Bertz CT molecular complexity index is 320. The van der Waals surface area contributed by atoms with Gasteiger partial charge in [0.1, 0.15) is 0 Å². The largest absolute Gasteiger partial charge is 0.480 e. The van der Waals surface area contributed by atoms with E-state index in [0.717, 1.165) is 0 Å². The van der Waals surface area contributed by atoms with E-state index in [2.05, 4.69) is 0 Å². The zero-order valence-corrected chi connectivity index (χ0v) is 8.60. The number of nitrogens with one attached hydrogen (secondary N) is 2. The fourth-order valence-corrected chi connectivity index (χ4v) is 1.03. The van der Waals surface area contributed by atoms with Gasteiger partial charge in [-0.1, -0.05) is 0 Å². The SMILES string of the molecule is NCNC(=O)C(C(=O)O)(C(=O)O)C(=O)NCN. The molecule has 0 aliphatic carbocycles. The minimum absolute atomic E-state index is 0.517. The lowest BCUT2D eigenvalue weighted by molar-refractivity contribution is -0.172. The number of carbonyl (C=O) groups is 4. The molecule has 10 nitrogen and oxygen atoms in total. The molecule has 8 N–H and O–H groups in total. The zero-order valence-electron chi connectivity index (χ0n) is 8.60. The van der Waals surface area contributed by atoms with Gasteiger partial charge in [-0.25, -0.2) is 9.59 Å². The highest BCUT2D eigenvalue weighted by atomic mass is 16.4. The molecule has 0 aromatic rings. The first-order valence-electron chi connectivity index (χ1n) is 4.29. The standard InChI is InChI=1S/C7H12N4O6/c8-1-10-3(12)7(5(14)15,6(16)17)4(13)11-2-9/h1-2,8-9H2,(H,10,12)(H,11,13)(H,14,15)(H,16,17). The van der Waals surface area contributed by atoms with Crippen LogP contribution in [0.15, 0.2) is 0 Å². The minimum Gasteiger partial charge on any atom is -0.480 e. The van der Waals surface area contributed by atoms with Gasteiger partial charge < -0.3 is 32.3 Å². The Kier molecular flexibility index (Phi) is 5.02. The molecule has 0 heterocycles. The lowest BCUT2D eigenvalue weighted by Gasteiger charge is -2.21. The Labute approximate surface area is 94.9 Å². The Morgan fingerprint density at radius 2 is 1.18 bits per heavy atom. The highest BCUT2D eigenvalue weighted by Crippen LogP contribution is 2.19. The third kappa shape index (κ3) is 2.49. The molecule has 0 unspecified atom stereocenters. The van der Waals surface area contributed by atoms with Crippen LogP contribution in [0.25, 0.3) is 0 Å². The molecule has 10 heteroatoms. The minimum atomic E-state index is -3.31. The number of hydrogen-bond donors (Lipinski definition) is 6. The Morgan fingerprint density at radius 1 is 0.882 bits per heavy atom. The molecule has 0 atom stereocenters. The number of carboxylic acids is 2. The average molecular weight is 248 g/mol. The van der Waals surface area contributed by atoms with Crippen LogP contribution in [0.4, 0.5) is 0 Å². The molecule has 2 amide bonds. The van der Waals surface area contributed by atoms with Crippen LogP contribution in [0.1, 0.15) is 0 Å². The van der Waals surface area contributed by atoms with Crippen molar-refractivity contribution in [2.24, 2.45) is 16.9 Å². The van der Waals surface area contributed by atoms with Crippen LogP contribution < -0.4 is 22.1 Å². The number of aliphatic carboxylic acids is 2. The molecular weight excluding hydrogens is 236 g/mol. The summed E-state index contributed by atoms with van der Waals surface area (Å²) in [5, 5.41) is 21.1. The van der Waals surface area contributed by atoms with Crippen LogP contribution in [-0.4, -0.2) is 47.3 Å². The summed E-state index contributed by atoms with van der Waals surface area (Å²) in [4.78, 5) is 44.6. The van der Waals surface area contributed by atoms with Crippen LogP contribution in [0.5, 0.6) is 0 Å². The Morgan fingerprint density at radius 3 is 1.35 bits per heavy atom. The van der Waals surface area contributed by atoms with Gasteiger partial charge in [0, 0.05) is 0 Å². The smallest absolute Gasteiger partial charge is 0.340 e. The summed E-state index contributed by atoms with van der Waals surface area (Å²) >= 11 is 0. The van der Waals surface area contributed by atoms with Gasteiger partial charge in [0.15, 0.2) is 0 Å². The van der Waals surface area contributed by atoms with E-state index < -0.39 is 42.5 Å². The predicted molar refractivity (Wildman–Crippen MR) is 52.1 cm³/mol. The first kappa shape index (κ1) is 14.8. The lowest BCUT2D eigenvalue weighted by Crippen LogP contribution is -2.61. The predicted octanol–water partition coefficient (Wildman–Crippen LogP) is -3.79. The van der Waals surface area contributed by atoms with Crippen LogP contribution in [-0.2, 0) is 19.2 Å². The topological polar surface area (TPSA) is 185 Å². The van der Waals surface area contributed by atoms with Crippen LogP contribution in [0.2, 0.25) is 0 Å². The molecule has 0 saturated carbocycles. The molecule has 0 saturated heterocycles. The summed E-state index contributed by atoms with van der Waals surface area (Å²) in [6.07, 6.45) is 0. The summed E-state index contributed by atoms with van der Waals surface area (Å²) in [6, 6.07) is 0. The first-order valence-corrected chi connectivity index (χ1v) is 4.29. The van der Waals surface area contributed by atoms with Gasteiger partial charge in [-0.2, -0.15) is 0 Å². The molecule has 0 rings (SSSR count). The molecular formula is C7H12N4O6. The molecule has 0 aliphatic heterocycles. The van der Waals surface area contributed by atoms with E-state index in [0.29, 0.717) is 0 Å². The summed E-state index contributed by atoms with van der Waals surface area (Å²) < 4.78 is 0. The zero-order chi connectivity index (χ0) is 13.6. The van der Waals surface area contributed by atoms with Crippen molar-refractivity contribution in [3.63, 3.8) is 0 Å². The molecule has 0 aromatic heterocycles. The monoisotopic (exact) mass is 248 g/mol. The molecule has 0 bridgehead atoms. The molecule has 0 radical (unpaired) electrons. The van der Waals surface area contributed by atoms with Gasteiger partial charge in [0.25, 0.3) is 11.8 Å². The number of carboxylic acid groups (broad SMARTS) is 2. The third-order valence-electron chi connectivity index (χ3n) is 1.85. The van der Waals surface area contributed by atoms with Crippen molar-refractivity contribution in [3.05, 3.63) is 0 Å². The summed E-state index contributed by atoms with van der Waals surface area (Å²) in [5.74, 6) is -7.37. The van der Waals surface area contributed by atoms with Crippen molar-refractivity contribution in [3.8, 4) is 0 Å². The van der Waals surface area contributed by atoms with Gasteiger partial charge in [-0.05, 0) is 0 Å². The van der Waals surface area contributed by atoms with E-state index in [-0.39, 0.29) is 0 Å². The van der Waals surface area contributed by atoms with Gasteiger partial charge in [-0.3, -0.25) is 9.59 Å². The summed E-state index contributed by atoms with van der Waals surface area (Å²) in [7, 11) is 0. The van der Waals surface area contributed by atoms with Gasteiger partial charge in [0.2, 0.25) is 0 Å². The average Bonchev–Trinajstić information content (AvgIpc) is 2.17. The van der Waals surface area contributed by atoms with Crippen molar-refractivity contribution < 1.29 is 29.4 Å². The van der Waals surface area contributed by atoms with Crippen LogP contribution in [0, 0.1) is 5.41 Å². The van der Waals surface area contributed by atoms with Gasteiger partial charge >= 0.3 is 17.4 Å². The molecule has 0 aliphatic rings. The lowest BCUT2D eigenvalue weighted by atomic mass is 9.86. The molecule has 0 aromatic carbocycles. The normalized spacial score (nSPS) is 10.5. The second-order valence-corrected chi connectivity index (χ2v) is 2.78. The number of nitrogens with two attached hydrogens (primary N) is 2. The third-order valence-corrected chi connectivity index (χ3v) is 1.85. The van der Waals surface area contributed by atoms with Crippen LogP contribution >= 0.6 is 0 Å². The second-order valence-electron chi connectivity index (χ2n) is 2.78. The second kappa shape index (κ2) is 5.77. The quantitative estimate of drug-likeness (QED) is 0.204. The van der Waals surface area contributed by atoms with E-state index in [1.54, 1.807) is 10.6 Å². The molecule has 17 heavy (non-hydrogen) atoms. The fourth-order valence-electron chi connectivity index (χ4n) is 1.03. The highest BCUT2D eigenvalue weighted by molar-refractivity contribution is 6.34. The number of carbonyl (C=O) groups excluding carboxylic acids is 2. The van der Waals surface area contributed by atoms with Crippen molar-refractivity contribution in [2.75, 3.05) is 13.3 Å². The highest BCUT2D eigenvalue weighted by Gasteiger charge is 2.60. The van der Waals surface area contributed by atoms with E-state index in [9.17, 15) is 19.2 Å². The van der Waals surface area contributed by atoms with Crippen molar-refractivity contribution in [2.45, 2.75) is 0 Å². The Balaban J connectivity index is 5.60. The van der Waals surface area contributed by atoms with Crippen molar-refractivity contribution >= 4 is 23.8 Å². The van der Waals surface area contributed by atoms with E-state index in [1.165, 1.54) is 0 Å². The van der Waals surface area contributed by atoms with Crippen molar-refractivity contribution in [1.82, 2.24) is 10.6 Å². The first-order chi connectivity index (χ1) is 7.85. The number of rotatable bonds is 6. The molecule has 0 fully saturated rings. The Hall–Kier alpha value is -2.20. The van der Waals surface area contributed by atoms with Gasteiger partial charge in [-0.15, -0.1) is 0 Å². The fraction of sp³-hybridized carbons (Fsp3) is 0.429. The van der Waals surface area contributed by atoms with E-state index >= 15 is 0 Å².